The van der Waals surface area contributed by atoms with Gasteiger partial charge in [-0.1, -0.05) is 12.2 Å². The first kappa shape index (κ1) is 14.2. The Bertz CT molecular complexity index is 479. The highest BCUT2D eigenvalue weighted by Crippen LogP contribution is 2.30. The summed E-state index contributed by atoms with van der Waals surface area (Å²) in [6, 6.07) is 1.70. The van der Waals surface area contributed by atoms with Gasteiger partial charge in [-0.15, -0.1) is 0 Å². The quantitative estimate of drug-likeness (QED) is 0.657. The van der Waals surface area contributed by atoms with E-state index in [0.717, 1.165) is 0 Å². The maximum atomic E-state index is 13.3. The molecule has 0 bridgehead atoms. The molecule has 0 aliphatic heterocycles. The van der Waals surface area contributed by atoms with Gasteiger partial charge in [0, 0.05) is 6.54 Å². The number of hydrogen-bond acceptors (Lipinski definition) is 1. The van der Waals surface area contributed by atoms with Crippen LogP contribution in [-0.4, -0.2) is 12.5 Å². The summed E-state index contributed by atoms with van der Waals surface area (Å²) in [5.74, 6) is -1.90. The largest absolute Gasteiger partial charge is 0.416 e. The van der Waals surface area contributed by atoms with Gasteiger partial charge in [0.2, 0.25) is 0 Å². The lowest BCUT2D eigenvalue weighted by atomic mass is 10.1. The predicted molar refractivity (Wildman–Crippen MR) is 58.5 cm³/mol. The zero-order valence-electron chi connectivity index (χ0n) is 9.57. The van der Waals surface area contributed by atoms with Gasteiger partial charge in [0.1, 0.15) is 5.82 Å². The summed E-state index contributed by atoms with van der Waals surface area (Å²) >= 11 is 0. The Kier molecular flexibility index (Phi) is 4.11. The first-order chi connectivity index (χ1) is 8.21. The molecule has 2 nitrogen and oxygen atoms in total. The van der Waals surface area contributed by atoms with Crippen molar-refractivity contribution in [1.29, 1.82) is 0 Å². The van der Waals surface area contributed by atoms with Gasteiger partial charge < -0.3 is 5.32 Å². The summed E-state index contributed by atoms with van der Waals surface area (Å²) in [5.41, 5.74) is -1.09. The van der Waals surface area contributed by atoms with Gasteiger partial charge >= 0.3 is 6.18 Å². The molecule has 0 aliphatic rings. The lowest BCUT2D eigenvalue weighted by Crippen LogP contribution is -2.26. The summed E-state index contributed by atoms with van der Waals surface area (Å²) in [6.07, 6.45) is -4.61. The van der Waals surface area contributed by atoms with Gasteiger partial charge in [-0.25, -0.2) is 4.39 Å². The minimum absolute atomic E-state index is 0.0779. The summed E-state index contributed by atoms with van der Waals surface area (Å²) in [4.78, 5) is 11.5. The number of benzene rings is 1. The van der Waals surface area contributed by atoms with Crippen molar-refractivity contribution < 1.29 is 22.4 Å². The van der Waals surface area contributed by atoms with Crippen LogP contribution in [0.15, 0.2) is 30.4 Å². The fourth-order valence-electron chi connectivity index (χ4n) is 1.20. The van der Waals surface area contributed by atoms with Crippen molar-refractivity contribution in [3.05, 3.63) is 47.3 Å². The van der Waals surface area contributed by atoms with Crippen LogP contribution >= 0.6 is 0 Å². The molecule has 0 heterocycles. The maximum absolute atomic E-state index is 13.3. The molecule has 6 heteroatoms. The van der Waals surface area contributed by atoms with Crippen LogP contribution in [-0.2, 0) is 6.18 Å². The molecule has 0 spiro atoms. The monoisotopic (exact) mass is 261 g/mol. The molecule has 98 valence electrons. The van der Waals surface area contributed by atoms with Gasteiger partial charge in [-0.05, 0) is 25.1 Å². The lowest BCUT2D eigenvalue weighted by molar-refractivity contribution is -0.137. The second-order valence-corrected chi connectivity index (χ2v) is 3.83. The third-order valence-corrected chi connectivity index (χ3v) is 2.09. The lowest BCUT2D eigenvalue weighted by Gasteiger charge is -2.10. The number of carbonyl (C=O) groups is 1. The standard InChI is InChI=1S/C12H11F4NO/c1-7(2)6-17-11(18)9-5-8(12(14,15)16)3-4-10(9)13/h3-5H,1,6H2,2H3,(H,17,18). The SMILES string of the molecule is C=C(C)CNC(=O)c1cc(C(F)(F)F)ccc1F. The molecule has 1 amide bonds. The van der Waals surface area contributed by atoms with E-state index in [1.165, 1.54) is 0 Å². The number of halogens is 4. The van der Waals surface area contributed by atoms with E-state index < -0.39 is 29.0 Å². The number of rotatable bonds is 3. The molecule has 1 aromatic rings. The van der Waals surface area contributed by atoms with Crippen molar-refractivity contribution in [2.45, 2.75) is 13.1 Å². The van der Waals surface area contributed by atoms with E-state index in [-0.39, 0.29) is 6.54 Å². The number of alkyl halides is 3. The fourth-order valence-corrected chi connectivity index (χ4v) is 1.20. The molecule has 0 atom stereocenters. The second kappa shape index (κ2) is 5.20. The van der Waals surface area contributed by atoms with Gasteiger partial charge in [0.15, 0.2) is 0 Å². The van der Waals surface area contributed by atoms with Crippen LogP contribution in [0.5, 0.6) is 0 Å². The number of amides is 1. The Hall–Kier alpha value is -1.85. The smallest absolute Gasteiger partial charge is 0.348 e. The van der Waals surface area contributed by atoms with E-state index in [1.807, 2.05) is 0 Å². The third kappa shape index (κ3) is 3.58. The molecule has 0 aliphatic carbocycles. The molecule has 0 saturated carbocycles. The number of hydrogen-bond donors (Lipinski definition) is 1. The van der Waals surface area contributed by atoms with E-state index in [0.29, 0.717) is 23.8 Å². The third-order valence-electron chi connectivity index (χ3n) is 2.09. The van der Waals surface area contributed by atoms with Gasteiger partial charge in [-0.3, -0.25) is 4.79 Å². The zero-order chi connectivity index (χ0) is 13.9. The van der Waals surface area contributed by atoms with Crippen LogP contribution in [0.2, 0.25) is 0 Å². The molecule has 1 aromatic carbocycles. The van der Waals surface area contributed by atoms with Crippen molar-refractivity contribution in [2.24, 2.45) is 0 Å². The molecule has 1 N–H and O–H groups in total. The molecule has 18 heavy (non-hydrogen) atoms. The van der Waals surface area contributed by atoms with Crippen LogP contribution in [0.1, 0.15) is 22.8 Å². The topological polar surface area (TPSA) is 29.1 Å². The molecule has 0 unspecified atom stereocenters. The van der Waals surface area contributed by atoms with E-state index >= 15 is 0 Å². The average Bonchev–Trinajstić information content (AvgIpc) is 2.24. The van der Waals surface area contributed by atoms with E-state index in [4.69, 9.17) is 0 Å². The Morgan fingerprint density at radius 2 is 2.00 bits per heavy atom. The molecule has 0 saturated heterocycles. The highest BCUT2D eigenvalue weighted by Gasteiger charge is 2.31. The summed E-state index contributed by atoms with van der Waals surface area (Å²) in [6.45, 7) is 5.22. The summed E-state index contributed by atoms with van der Waals surface area (Å²) in [7, 11) is 0. The minimum atomic E-state index is -4.61. The summed E-state index contributed by atoms with van der Waals surface area (Å²) < 4.78 is 50.5. The van der Waals surface area contributed by atoms with E-state index in [9.17, 15) is 22.4 Å². The molecule has 0 radical (unpaired) electrons. The van der Waals surface area contributed by atoms with Crippen molar-refractivity contribution in [2.75, 3.05) is 6.54 Å². The van der Waals surface area contributed by atoms with Crippen molar-refractivity contribution >= 4 is 5.91 Å². The van der Waals surface area contributed by atoms with Crippen LogP contribution in [0.3, 0.4) is 0 Å². The highest BCUT2D eigenvalue weighted by molar-refractivity contribution is 5.94. The number of carbonyl (C=O) groups excluding carboxylic acids is 1. The predicted octanol–water partition coefficient (Wildman–Crippen LogP) is 3.15. The molecule has 1 rings (SSSR count). The highest BCUT2D eigenvalue weighted by atomic mass is 19.4. The van der Waals surface area contributed by atoms with Crippen LogP contribution in [0, 0.1) is 5.82 Å². The first-order valence-corrected chi connectivity index (χ1v) is 5.01. The fraction of sp³-hybridized carbons (Fsp3) is 0.250. The van der Waals surface area contributed by atoms with Gasteiger partial charge in [-0.2, -0.15) is 13.2 Å². The molecular formula is C12H11F4NO. The average molecular weight is 261 g/mol. The van der Waals surface area contributed by atoms with Crippen LogP contribution in [0.4, 0.5) is 17.6 Å². The molecule has 0 aromatic heterocycles. The van der Waals surface area contributed by atoms with E-state index in [2.05, 4.69) is 11.9 Å². The van der Waals surface area contributed by atoms with E-state index in [1.54, 1.807) is 6.92 Å². The Labute approximate surface area is 101 Å². The Morgan fingerprint density at radius 3 is 2.50 bits per heavy atom. The van der Waals surface area contributed by atoms with Crippen LogP contribution < -0.4 is 5.32 Å². The van der Waals surface area contributed by atoms with Crippen molar-refractivity contribution in [3.8, 4) is 0 Å². The maximum Gasteiger partial charge on any atom is 0.416 e. The number of nitrogens with one attached hydrogen (secondary N) is 1. The van der Waals surface area contributed by atoms with Gasteiger partial charge in [0.25, 0.3) is 5.91 Å². The molecular weight excluding hydrogens is 250 g/mol. The minimum Gasteiger partial charge on any atom is -0.348 e. The van der Waals surface area contributed by atoms with Crippen molar-refractivity contribution in [3.63, 3.8) is 0 Å². The zero-order valence-corrected chi connectivity index (χ0v) is 9.57. The normalized spacial score (nSPS) is 11.2. The second-order valence-electron chi connectivity index (χ2n) is 3.83. The Balaban J connectivity index is 3.01. The van der Waals surface area contributed by atoms with Gasteiger partial charge in [0.05, 0.1) is 11.1 Å². The first-order valence-electron chi connectivity index (χ1n) is 5.01. The molecule has 0 fully saturated rings. The van der Waals surface area contributed by atoms with Crippen molar-refractivity contribution in [1.82, 2.24) is 5.32 Å². The Morgan fingerprint density at radius 1 is 1.39 bits per heavy atom. The van der Waals surface area contributed by atoms with Crippen LogP contribution in [0.25, 0.3) is 0 Å². The summed E-state index contributed by atoms with van der Waals surface area (Å²) in [5, 5.41) is 2.27.